The molecule has 0 unspecified atom stereocenters. The lowest BCUT2D eigenvalue weighted by Gasteiger charge is -2.05. The Kier molecular flexibility index (Phi) is 3.91. The van der Waals surface area contributed by atoms with Crippen molar-refractivity contribution in [1.82, 2.24) is 20.5 Å². The number of nitrogens with one attached hydrogen (secondary N) is 1. The molecule has 0 fully saturated rings. The fourth-order valence-corrected chi connectivity index (χ4v) is 1.98. The number of hydrogen-bond donors (Lipinski definition) is 1. The van der Waals surface area contributed by atoms with Gasteiger partial charge in [0.15, 0.2) is 0 Å². The van der Waals surface area contributed by atoms with Crippen LogP contribution >= 0.6 is 0 Å². The van der Waals surface area contributed by atoms with E-state index in [0.29, 0.717) is 17.6 Å². The second-order valence-electron chi connectivity index (χ2n) is 4.65. The molecule has 2 aromatic carbocycles. The smallest absolute Gasteiger partial charge is 0.291 e. The van der Waals surface area contributed by atoms with Crippen molar-refractivity contribution in [3.05, 3.63) is 59.9 Å². The van der Waals surface area contributed by atoms with Crippen LogP contribution in [0, 0.1) is 0 Å². The van der Waals surface area contributed by atoms with Crippen LogP contribution in [0.15, 0.2) is 48.5 Å². The van der Waals surface area contributed by atoms with E-state index in [1.807, 2.05) is 36.4 Å². The summed E-state index contributed by atoms with van der Waals surface area (Å²) < 4.78 is 5.09. The lowest BCUT2D eigenvalue weighted by Crippen LogP contribution is -2.25. The molecule has 1 N–H and O–H groups in total. The van der Waals surface area contributed by atoms with Crippen molar-refractivity contribution < 1.29 is 9.53 Å². The third kappa shape index (κ3) is 3.01. The Morgan fingerprint density at radius 2 is 1.77 bits per heavy atom. The van der Waals surface area contributed by atoms with Gasteiger partial charge in [-0.05, 0) is 29.8 Å². The molecule has 3 rings (SSSR count). The Bertz CT molecular complexity index is 803. The van der Waals surface area contributed by atoms with Crippen LogP contribution in [0.3, 0.4) is 0 Å². The van der Waals surface area contributed by atoms with Gasteiger partial charge in [-0.25, -0.2) is 4.98 Å². The number of nitrogens with zero attached hydrogens (tertiary/aromatic N) is 3. The molecule has 0 radical (unpaired) electrons. The SMILES string of the molecule is COc1ccc(CNC(=O)c2nnc3ccccc3n2)cc1. The van der Waals surface area contributed by atoms with E-state index in [0.717, 1.165) is 11.3 Å². The van der Waals surface area contributed by atoms with Crippen LogP contribution < -0.4 is 10.1 Å². The van der Waals surface area contributed by atoms with Gasteiger partial charge >= 0.3 is 0 Å². The number of aromatic nitrogens is 3. The Hall–Kier alpha value is -3.02. The van der Waals surface area contributed by atoms with E-state index in [1.54, 1.807) is 19.2 Å². The van der Waals surface area contributed by atoms with Crippen molar-refractivity contribution in [2.24, 2.45) is 0 Å². The van der Waals surface area contributed by atoms with Crippen molar-refractivity contribution >= 4 is 16.9 Å². The van der Waals surface area contributed by atoms with Gasteiger partial charge in [-0.15, -0.1) is 10.2 Å². The van der Waals surface area contributed by atoms with Crippen LogP contribution in [0.1, 0.15) is 16.2 Å². The van der Waals surface area contributed by atoms with Gasteiger partial charge in [0, 0.05) is 6.54 Å². The van der Waals surface area contributed by atoms with Crippen LogP contribution in [0.25, 0.3) is 11.0 Å². The number of ether oxygens (including phenoxy) is 1. The first-order chi connectivity index (χ1) is 10.8. The highest BCUT2D eigenvalue weighted by molar-refractivity contribution is 5.91. The molecule has 1 heterocycles. The Morgan fingerprint density at radius 1 is 1.05 bits per heavy atom. The fraction of sp³-hybridized carbons (Fsp3) is 0.125. The minimum atomic E-state index is -0.353. The third-order valence-corrected chi connectivity index (χ3v) is 3.18. The molecule has 0 saturated carbocycles. The van der Waals surface area contributed by atoms with Crippen LogP contribution in [0.5, 0.6) is 5.75 Å². The molecule has 0 spiro atoms. The van der Waals surface area contributed by atoms with Crippen molar-refractivity contribution in [3.63, 3.8) is 0 Å². The predicted octanol–water partition coefficient (Wildman–Crippen LogP) is 1.96. The molecule has 1 aromatic heterocycles. The summed E-state index contributed by atoms with van der Waals surface area (Å²) in [6.07, 6.45) is 0. The average Bonchev–Trinajstić information content (AvgIpc) is 2.59. The van der Waals surface area contributed by atoms with E-state index in [-0.39, 0.29) is 11.7 Å². The summed E-state index contributed by atoms with van der Waals surface area (Å²) in [7, 11) is 1.61. The zero-order valence-corrected chi connectivity index (χ0v) is 12.0. The Labute approximate surface area is 127 Å². The molecule has 0 saturated heterocycles. The molecule has 6 heteroatoms. The van der Waals surface area contributed by atoms with Gasteiger partial charge in [0.25, 0.3) is 5.91 Å². The fourth-order valence-electron chi connectivity index (χ4n) is 1.98. The van der Waals surface area contributed by atoms with Crippen LogP contribution in [0.4, 0.5) is 0 Å². The van der Waals surface area contributed by atoms with Gasteiger partial charge in [0.2, 0.25) is 5.82 Å². The van der Waals surface area contributed by atoms with Crippen LogP contribution in [-0.4, -0.2) is 28.2 Å². The van der Waals surface area contributed by atoms with Crippen LogP contribution in [0.2, 0.25) is 0 Å². The first-order valence-electron chi connectivity index (χ1n) is 6.77. The number of amides is 1. The number of methoxy groups -OCH3 is 1. The lowest BCUT2D eigenvalue weighted by atomic mass is 10.2. The highest BCUT2D eigenvalue weighted by atomic mass is 16.5. The van der Waals surface area contributed by atoms with Crippen molar-refractivity contribution in [3.8, 4) is 5.75 Å². The summed E-state index contributed by atoms with van der Waals surface area (Å²) in [6.45, 7) is 0.388. The molecule has 3 aromatic rings. The molecule has 0 aliphatic carbocycles. The molecule has 6 nitrogen and oxygen atoms in total. The van der Waals surface area contributed by atoms with Gasteiger partial charge in [-0.2, -0.15) is 0 Å². The number of benzene rings is 2. The van der Waals surface area contributed by atoms with Gasteiger partial charge in [-0.1, -0.05) is 24.3 Å². The number of para-hydroxylation sites is 1. The average molecular weight is 294 g/mol. The number of fused-ring (bicyclic) bond motifs is 1. The number of carbonyl (C=O) groups excluding carboxylic acids is 1. The second kappa shape index (κ2) is 6.17. The summed E-state index contributed by atoms with van der Waals surface area (Å²) in [5.41, 5.74) is 2.27. The van der Waals surface area contributed by atoms with E-state index in [4.69, 9.17) is 4.74 Å². The van der Waals surface area contributed by atoms with E-state index >= 15 is 0 Å². The maximum atomic E-state index is 12.1. The van der Waals surface area contributed by atoms with Gasteiger partial charge < -0.3 is 10.1 Å². The highest BCUT2D eigenvalue weighted by Gasteiger charge is 2.10. The summed E-state index contributed by atoms with van der Waals surface area (Å²) in [5, 5.41) is 10.6. The van der Waals surface area contributed by atoms with Gasteiger partial charge in [0.05, 0.1) is 12.6 Å². The predicted molar refractivity (Wildman–Crippen MR) is 81.5 cm³/mol. The quantitative estimate of drug-likeness (QED) is 0.796. The van der Waals surface area contributed by atoms with Crippen LogP contribution in [-0.2, 0) is 6.54 Å². The zero-order chi connectivity index (χ0) is 15.4. The number of hydrogen-bond acceptors (Lipinski definition) is 5. The van der Waals surface area contributed by atoms with E-state index < -0.39 is 0 Å². The molecule has 0 aliphatic heterocycles. The van der Waals surface area contributed by atoms with Crippen molar-refractivity contribution in [1.29, 1.82) is 0 Å². The zero-order valence-electron chi connectivity index (χ0n) is 12.0. The largest absolute Gasteiger partial charge is 0.497 e. The van der Waals surface area contributed by atoms with E-state index in [1.165, 1.54) is 0 Å². The Morgan fingerprint density at radius 3 is 2.50 bits per heavy atom. The summed E-state index contributed by atoms with van der Waals surface area (Å²) >= 11 is 0. The Balaban J connectivity index is 1.69. The molecule has 0 aliphatic rings. The third-order valence-electron chi connectivity index (χ3n) is 3.18. The van der Waals surface area contributed by atoms with Crippen molar-refractivity contribution in [2.45, 2.75) is 6.54 Å². The highest BCUT2D eigenvalue weighted by Crippen LogP contribution is 2.11. The summed E-state index contributed by atoms with van der Waals surface area (Å²) in [6, 6.07) is 14.7. The van der Waals surface area contributed by atoms with E-state index in [9.17, 15) is 4.79 Å². The second-order valence-corrected chi connectivity index (χ2v) is 4.65. The van der Waals surface area contributed by atoms with Gasteiger partial charge in [-0.3, -0.25) is 4.79 Å². The lowest BCUT2D eigenvalue weighted by molar-refractivity contribution is 0.0939. The molecule has 1 amide bonds. The maximum Gasteiger partial charge on any atom is 0.291 e. The monoisotopic (exact) mass is 294 g/mol. The number of carbonyl (C=O) groups is 1. The first-order valence-corrected chi connectivity index (χ1v) is 6.77. The maximum absolute atomic E-state index is 12.1. The standard InChI is InChI=1S/C16H14N4O2/c1-22-12-8-6-11(7-9-12)10-17-16(21)15-18-13-4-2-3-5-14(13)19-20-15/h2-9H,10H2,1H3,(H,17,21). The summed E-state index contributed by atoms with van der Waals surface area (Å²) in [5.74, 6) is 0.485. The molecular weight excluding hydrogens is 280 g/mol. The van der Waals surface area contributed by atoms with Gasteiger partial charge in [0.1, 0.15) is 11.3 Å². The molecule has 22 heavy (non-hydrogen) atoms. The first kappa shape index (κ1) is 13.9. The molecule has 0 bridgehead atoms. The summed E-state index contributed by atoms with van der Waals surface area (Å²) in [4.78, 5) is 16.3. The minimum Gasteiger partial charge on any atom is -0.497 e. The topological polar surface area (TPSA) is 77.0 Å². The van der Waals surface area contributed by atoms with Crippen molar-refractivity contribution in [2.75, 3.05) is 7.11 Å². The minimum absolute atomic E-state index is 0.0622. The molecular formula is C16H14N4O2. The molecule has 110 valence electrons. The normalized spacial score (nSPS) is 10.4. The number of rotatable bonds is 4. The van der Waals surface area contributed by atoms with E-state index in [2.05, 4.69) is 20.5 Å². The molecule has 0 atom stereocenters.